The molecule has 1 spiro atoms. The van der Waals surface area contributed by atoms with Crippen LogP contribution in [0.25, 0.3) is 72.3 Å². The molecule has 2 aliphatic carbocycles. The minimum Gasteiger partial charge on any atom is -0.247 e. The van der Waals surface area contributed by atoms with Crippen LogP contribution in [0.4, 0.5) is 0 Å². The van der Waals surface area contributed by atoms with Crippen molar-refractivity contribution in [2.45, 2.75) is 40.4 Å². The Kier molecular flexibility index (Phi) is 7.89. The van der Waals surface area contributed by atoms with Gasteiger partial charge in [-0.2, -0.15) is 0 Å². The van der Waals surface area contributed by atoms with Crippen molar-refractivity contribution < 1.29 is 0 Å². The first-order valence-electron chi connectivity index (χ1n) is 21.8. The molecule has 13 rings (SSSR count). The van der Waals surface area contributed by atoms with E-state index in [4.69, 9.17) is 9.97 Å². The van der Waals surface area contributed by atoms with E-state index >= 15 is 0 Å². The summed E-state index contributed by atoms with van der Waals surface area (Å²) in [6.07, 6.45) is 5.85. The number of allylic oxidation sites excluding steroid dienone is 1. The molecular formula is C59H40N2S. The first-order valence-corrected chi connectivity index (χ1v) is 22.6. The fraction of sp³-hybridized carbons (Fsp3) is 0.0847. The Hall–Kier alpha value is -7.07. The Morgan fingerprint density at radius 2 is 1.23 bits per heavy atom. The van der Waals surface area contributed by atoms with E-state index in [0.29, 0.717) is 0 Å². The number of aromatic nitrogens is 2. The lowest BCUT2D eigenvalue weighted by Crippen LogP contribution is -2.32. The van der Waals surface area contributed by atoms with Crippen LogP contribution in [0.1, 0.15) is 64.1 Å². The maximum Gasteiger partial charge on any atom is 0.0788 e. The van der Waals surface area contributed by atoms with Gasteiger partial charge in [-0.1, -0.05) is 182 Å². The van der Waals surface area contributed by atoms with Crippen molar-refractivity contribution in [3.05, 3.63) is 233 Å². The second-order valence-corrected chi connectivity index (χ2v) is 18.1. The standard InChI is InChI=1S/C59H40N2S/c1-2-40-41(32-30-37-28-29-39-31-33-51(60-58(39)55(37)40)36-16-5-3-6-17-36)43-21-15-24-49-56(43)46-34-45-44(42-20-9-12-25-52(42)61-57(45)38-18-7-4-8-19-38)35-50(46)59(49)47-22-10-13-26-53(47)62-54-27-14-11-23-48(54)59/h3-35,40-41H,2H2,1H3. The molecule has 292 valence electrons. The van der Waals surface area contributed by atoms with Crippen molar-refractivity contribution in [3.8, 4) is 33.6 Å². The summed E-state index contributed by atoms with van der Waals surface area (Å²) in [5.74, 6) is 0.344. The van der Waals surface area contributed by atoms with Gasteiger partial charge in [-0.05, 0) is 104 Å². The van der Waals surface area contributed by atoms with E-state index in [1.165, 1.54) is 81.4 Å². The number of pyridine rings is 2. The fourth-order valence-corrected chi connectivity index (χ4v) is 12.5. The molecule has 3 heteroatoms. The number of benzene rings is 8. The Labute approximate surface area is 365 Å². The molecule has 8 aromatic carbocycles. The summed E-state index contributed by atoms with van der Waals surface area (Å²) in [4.78, 5) is 13.5. The first-order chi connectivity index (χ1) is 30.7. The zero-order valence-corrected chi connectivity index (χ0v) is 35.0. The first kappa shape index (κ1) is 35.7. The van der Waals surface area contributed by atoms with E-state index in [9.17, 15) is 0 Å². The summed E-state index contributed by atoms with van der Waals surface area (Å²) in [5.41, 5.74) is 17.9. The van der Waals surface area contributed by atoms with E-state index in [2.05, 4.69) is 207 Å². The second kappa shape index (κ2) is 13.7. The molecular weight excluding hydrogens is 769 g/mol. The summed E-state index contributed by atoms with van der Waals surface area (Å²) < 4.78 is 0. The molecule has 0 saturated heterocycles. The minimum absolute atomic E-state index is 0.126. The van der Waals surface area contributed by atoms with Gasteiger partial charge in [-0.15, -0.1) is 0 Å². The van der Waals surface area contributed by atoms with Crippen molar-refractivity contribution in [3.63, 3.8) is 0 Å². The van der Waals surface area contributed by atoms with E-state index in [-0.39, 0.29) is 11.8 Å². The van der Waals surface area contributed by atoms with Gasteiger partial charge in [-0.25, -0.2) is 9.97 Å². The highest BCUT2D eigenvalue weighted by atomic mass is 32.2. The number of rotatable bonds is 4. The molecule has 2 nitrogen and oxygen atoms in total. The van der Waals surface area contributed by atoms with Crippen LogP contribution in [-0.2, 0) is 5.41 Å². The van der Waals surface area contributed by atoms with Gasteiger partial charge in [0.2, 0.25) is 0 Å². The highest BCUT2D eigenvalue weighted by Gasteiger charge is 2.51. The topological polar surface area (TPSA) is 25.8 Å². The lowest BCUT2D eigenvalue weighted by molar-refractivity contribution is 0.597. The average Bonchev–Trinajstić information content (AvgIpc) is 3.62. The normalized spacial score (nSPS) is 16.5. The molecule has 0 amide bonds. The van der Waals surface area contributed by atoms with Gasteiger partial charge in [0.15, 0.2) is 0 Å². The van der Waals surface area contributed by atoms with E-state index in [1.807, 2.05) is 11.8 Å². The quantitative estimate of drug-likeness (QED) is 0.166. The summed E-state index contributed by atoms with van der Waals surface area (Å²) in [6.45, 7) is 2.36. The predicted molar refractivity (Wildman–Crippen MR) is 258 cm³/mol. The molecule has 0 saturated carbocycles. The molecule has 3 aliphatic rings. The van der Waals surface area contributed by atoms with Gasteiger partial charge >= 0.3 is 0 Å². The molecule has 2 aromatic heterocycles. The molecule has 2 atom stereocenters. The van der Waals surface area contributed by atoms with Gasteiger partial charge in [0.25, 0.3) is 0 Å². The molecule has 0 bridgehead atoms. The van der Waals surface area contributed by atoms with Crippen molar-refractivity contribution >= 4 is 50.4 Å². The minimum atomic E-state index is -0.526. The van der Waals surface area contributed by atoms with Gasteiger partial charge < -0.3 is 0 Å². The lowest BCUT2D eigenvalue weighted by atomic mass is 9.66. The molecule has 0 fully saturated rings. The summed E-state index contributed by atoms with van der Waals surface area (Å²) in [7, 11) is 0. The Balaban J connectivity index is 1.13. The van der Waals surface area contributed by atoms with Crippen molar-refractivity contribution in [2.75, 3.05) is 0 Å². The lowest BCUT2D eigenvalue weighted by Gasteiger charge is -2.40. The van der Waals surface area contributed by atoms with Gasteiger partial charge in [0.1, 0.15) is 0 Å². The number of hydrogen-bond donors (Lipinski definition) is 0. The zero-order chi connectivity index (χ0) is 40.9. The highest BCUT2D eigenvalue weighted by molar-refractivity contribution is 7.99. The van der Waals surface area contributed by atoms with Crippen molar-refractivity contribution in [1.82, 2.24) is 9.97 Å². The fourth-order valence-electron chi connectivity index (χ4n) is 11.3. The molecule has 0 N–H and O–H groups in total. The van der Waals surface area contributed by atoms with E-state index < -0.39 is 5.41 Å². The van der Waals surface area contributed by atoms with Crippen molar-refractivity contribution in [1.29, 1.82) is 0 Å². The highest BCUT2D eigenvalue weighted by Crippen LogP contribution is 2.64. The molecule has 2 unspecified atom stereocenters. The van der Waals surface area contributed by atoms with Crippen LogP contribution in [0.2, 0.25) is 0 Å². The van der Waals surface area contributed by atoms with Crippen molar-refractivity contribution in [2.24, 2.45) is 0 Å². The van der Waals surface area contributed by atoms with Crippen LogP contribution in [0.15, 0.2) is 204 Å². The SMILES string of the molecule is CCC1c2c(ccc3ccc(-c4ccccc4)nc23)C=CC1c1cccc2c1-c1cc3c(-c4ccccc4)nc4ccccc4c3cc1C21c2ccccc2Sc2ccccc21. The van der Waals surface area contributed by atoms with Crippen LogP contribution in [0, 0.1) is 0 Å². The van der Waals surface area contributed by atoms with Crippen LogP contribution < -0.4 is 0 Å². The van der Waals surface area contributed by atoms with Gasteiger partial charge in [-0.3, -0.25) is 0 Å². The predicted octanol–water partition coefficient (Wildman–Crippen LogP) is 15.4. The van der Waals surface area contributed by atoms with Crippen LogP contribution in [0.3, 0.4) is 0 Å². The van der Waals surface area contributed by atoms with Crippen LogP contribution in [0.5, 0.6) is 0 Å². The largest absolute Gasteiger partial charge is 0.247 e. The Morgan fingerprint density at radius 1 is 0.548 bits per heavy atom. The summed E-state index contributed by atoms with van der Waals surface area (Å²) in [6, 6.07) is 69.6. The second-order valence-electron chi connectivity index (χ2n) is 17.0. The zero-order valence-electron chi connectivity index (χ0n) is 34.2. The number of nitrogens with zero attached hydrogens (tertiary/aromatic N) is 2. The summed E-state index contributed by atoms with van der Waals surface area (Å²) in [5, 5.41) is 4.78. The monoisotopic (exact) mass is 808 g/mol. The van der Waals surface area contributed by atoms with Gasteiger partial charge in [0, 0.05) is 43.0 Å². The number of para-hydroxylation sites is 1. The molecule has 1 aliphatic heterocycles. The average molecular weight is 809 g/mol. The van der Waals surface area contributed by atoms with Gasteiger partial charge in [0.05, 0.1) is 27.8 Å². The molecule has 10 aromatic rings. The third-order valence-electron chi connectivity index (χ3n) is 14.0. The number of fused-ring (bicyclic) bond motifs is 15. The third kappa shape index (κ3) is 5.00. The smallest absolute Gasteiger partial charge is 0.0788 e. The maximum absolute atomic E-state index is 5.47. The Morgan fingerprint density at radius 3 is 2.00 bits per heavy atom. The van der Waals surface area contributed by atoms with Crippen LogP contribution >= 0.6 is 11.8 Å². The Bertz CT molecular complexity index is 3450. The van der Waals surface area contributed by atoms with E-state index in [0.717, 1.165) is 40.0 Å². The molecule has 0 radical (unpaired) electrons. The molecule has 3 heterocycles. The number of hydrogen-bond acceptors (Lipinski definition) is 3. The maximum atomic E-state index is 5.47. The van der Waals surface area contributed by atoms with Crippen LogP contribution in [-0.4, -0.2) is 9.97 Å². The summed E-state index contributed by atoms with van der Waals surface area (Å²) >= 11 is 1.90. The molecule has 62 heavy (non-hydrogen) atoms. The third-order valence-corrected chi connectivity index (χ3v) is 15.1. The van der Waals surface area contributed by atoms with E-state index in [1.54, 1.807) is 0 Å².